The third-order valence-electron chi connectivity index (χ3n) is 5.40. The molecule has 0 unspecified atom stereocenters. The molecule has 0 saturated heterocycles. The molecule has 2 heterocycles. The molecule has 3 aromatic carbocycles. The maximum Gasteiger partial charge on any atom is 0.274 e. The van der Waals surface area contributed by atoms with E-state index in [1.165, 1.54) is 11.8 Å². The van der Waals surface area contributed by atoms with Gasteiger partial charge in [-0.1, -0.05) is 95.8 Å². The summed E-state index contributed by atoms with van der Waals surface area (Å²) in [4.78, 5) is 22.2. The van der Waals surface area contributed by atoms with Crippen LogP contribution in [-0.4, -0.2) is 30.9 Å². The molecule has 5 rings (SSSR count). The average molecular weight is 479 g/mol. The van der Waals surface area contributed by atoms with E-state index in [1.54, 1.807) is 23.1 Å². The van der Waals surface area contributed by atoms with E-state index in [1.807, 2.05) is 91.0 Å². The van der Waals surface area contributed by atoms with Crippen LogP contribution in [0.15, 0.2) is 115 Å². The van der Waals surface area contributed by atoms with Gasteiger partial charge in [-0.25, -0.2) is 14.6 Å². The molecule has 2 aromatic heterocycles. The topological polar surface area (TPSA) is 85.6 Å². The van der Waals surface area contributed by atoms with Crippen LogP contribution in [0.1, 0.15) is 33.4 Å². The SMILES string of the molecule is O=C(NC(c1ccccc1)c1ccccc1)c1nnn(-c2ccccc2)c1CSc1ncccn1. The van der Waals surface area contributed by atoms with Crippen LogP contribution in [0.5, 0.6) is 0 Å². The molecule has 35 heavy (non-hydrogen) atoms. The molecular weight excluding hydrogens is 456 g/mol. The highest BCUT2D eigenvalue weighted by atomic mass is 32.2. The van der Waals surface area contributed by atoms with E-state index < -0.39 is 0 Å². The van der Waals surface area contributed by atoms with Gasteiger partial charge in [0.2, 0.25) is 0 Å². The molecule has 0 saturated carbocycles. The van der Waals surface area contributed by atoms with Crippen molar-refractivity contribution in [1.29, 1.82) is 0 Å². The molecule has 0 aliphatic rings. The minimum Gasteiger partial charge on any atom is -0.340 e. The van der Waals surface area contributed by atoms with Gasteiger partial charge in [-0.15, -0.1) is 5.10 Å². The number of hydrogen-bond donors (Lipinski definition) is 1. The minimum absolute atomic E-state index is 0.272. The van der Waals surface area contributed by atoms with Gasteiger partial charge < -0.3 is 5.32 Å². The fourth-order valence-electron chi connectivity index (χ4n) is 3.73. The third-order valence-corrected chi connectivity index (χ3v) is 6.29. The Morgan fingerprint density at radius 3 is 1.97 bits per heavy atom. The second kappa shape index (κ2) is 10.8. The van der Waals surface area contributed by atoms with Gasteiger partial charge >= 0.3 is 0 Å². The Labute approximate surface area is 207 Å². The second-order valence-electron chi connectivity index (χ2n) is 7.68. The van der Waals surface area contributed by atoms with Crippen molar-refractivity contribution >= 4 is 17.7 Å². The third kappa shape index (κ3) is 5.28. The molecule has 0 fully saturated rings. The standard InChI is InChI=1S/C27H22N6OS/c34-26(30-24(20-11-4-1-5-12-20)21-13-6-2-7-14-21)25-23(19-35-27-28-17-10-18-29-27)33(32-31-25)22-15-8-3-9-16-22/h1-18,24H,19H2,(H,30,34). The van der Waals surface area contributed by atoms with Crippen LogP contribution in [0, 0.1) is 0 Å². The Bertz CT molecular complexity index is 1340. The molecular formula is C27H22N6OS. The van der Waals surface area contributed by atoms with E-state index in [4.69, 9.17) is 0 Å². The maximum atomic E-state index is 13.6. The lowest BCUT2D eigenvalue weighted by atomic mass is 9.98. The largest absolute Gasteiger partial charge is 0.340 e. The van der Waals surface area contributed by atoms with Crippen molar-refractivity contribution in [2.45, 2.75) is 17.0 Å². The van der Waals surface area contributed by atoms with Crippen LogP contribution in [0.3, 0.4) is 0 Å². The van der Waals surface area contributed by atoms with Crippen molar-refractivity contribution in [2.75, 3.05) is 0 Å². The van der Waals surface area contributed by atoms with Gasteiger partial charge in [-0.3, -0.25) is 4.79 Å². The van der Waals surface area contributed by atoms with Crippen LogP contribution in [0.2, 0.25) is 0 Å². The summed E-state index contributed by atoms with van der Waals surface area (Å²) in [7, 11) is 0. The summed E-state index contributed by atoms with van der Waals surface area (Å²) in [5, 5.41) is 12.4. The predicted molar refractivity (Wildman–Crippen MR) is 135 cm³/mol. The summed E-state index contributed by atoms with van der Waals surface area (Å²) >= 11 is 1.43. The number of rotatable bonds is 8. The number of nitrogens with zero attached hydrogens (tertiary/aromatic N) is 5. The molecule has 0 spiro atoms. The maximum absolute atomic E-state index is 13.6. The first-order valence-corrected chi connectivity index (χ1v) is 12.1. The van der Waals surface area contributed by atoms with Gasteiger partial charge in [0, 0.05) is 18.1 Å². The Kier molecular flexibility index (Phi) is 6.91. The Morgan fingerprint density at radius 2 is 1.37 bits per heavy atom. The van der Waals surface area contributed by atoms with Crippen molar-refractivity contribution in [3.8, 4) is 5.69 Å². The summed E-state index contributed by atoms with van der Waals surface area (Å²) in [6, 6.07) is 30.9. The quantitative estimate of drug-likeness (QED) is 0.253. The van der Waals surface area contributed by atoms with Crippen LogP contribution in [0.4, 0.5) is 0 Å². The molecule has 0 atom stereocenters. The number of aromatic nitrogens is 5. The van der Waals surface area contributed by atoms with Crippen LogP contribution >= 0.6 is 11.8 Å². The molecule has 0 aliphatic heterocycles. The highest BCUT2D eigenvalue weighted by molar-refractivity contribution is 7.98. The van der Waals surface area contributed by atoms with Gasteiger partial charge in [-0.2, -0.15) is 0 Å². The first-order chi connectivity index (χ1) is 17.3. The monoisotopic (exact) mass is 478 g/mol. The number of benzene rings is 3. The number of carbonyl (C=O) groups is 1. The van der Waals surface area contributed by atoms with E-state index in [-0.39, 0.29) is 17.6 Å². The Hall–Kier alpha value is -4.30. The van der Waals surface area contributed by atoms with Gasteiger partial charge in [0.1, 0.15) is 0 Å². The molecule has 5 aromatic rings. The van der Waals surface area contributed by atoms with Gasteiger partial charge in [0.25, 0.3) is 5.91 Å². The number of carbonyl (C=O) groups excluding carboxylic acids is 1. The van der Waals surface area contributed by atoms with E-state index >= 15 is 0 Å². The lowest BCUT2D eigenvalue weighted by Gasteiger charge is -2.19. The highest BCUT2D eigenvalue weighted by Gasteiger charge is 2.25. The van der Waals surface area contributed by atoms with E-state index in [0.717, 1.165) is 16.8 Å². The highest BCUT2D eigenvalue weighted by Crippen LogP contribution is 2.25. The van der Waals surface area contributed by atoms with Gasteiger partial charge in [-0.05, 0) is 29.3 Å². The molecule has 8 heteroatoms. The molecule has 7 nitrogen and oxygen atoms in total. The lowest BCUT2D eigenvalue weighted by Crippen LogP contribution is -2.30. The molecule has 0 radical (unpaired) electrons. The molecule has 0 bridgehead atoms. The Balaban J connectivity index is 1.49. The lowest BCUT2D eigenvalue weighted by molar-refractivity contribution is 0.0937. The molecule has 0 aliphatic carbocycles. The molecule has 1 amide bonds. The zero-order chi connectivity index (χ0) is 23.9. The first-order valence-electron chi connectivity index (χ1n) is 11.1. The van der Waals surface area contributed by atoms with Gasteiger partial charge in [0.05, 0.1) is 17.4 Å². The average Bonchev–Trinajstić information content (AvgIpc) is 3.36. The van der Waals surface area contributed by atoms with Crippen molar-refractivity contribution in [3.05, 3.63) is 132 Å². The summed E-state index contributed by atoms with van der Waals surface area (Å²) in [5.41, 5.74) is 3.73. The second-order valence-corrected chi connectivity index (χ2v) is 8.62. The normalized spacial score (nSPS) is 10.9. The van der Waals surface area contributed by atoms with Crippen LogP contribution < -0.4 is 5.32 Å². The number of amides is 1. The number of thioether (sulfide) groups is 1. The van der Waals surface area contributed by atoms with E-state index in [0.29, 0.717) is 16.6 Å². The summed E-state index contributed by atoms with van der Waals surface area (Å²) in [6.07, 6.45) is 3.39. The first kappa shape index (κ1) is 22.5. The fraction of sp³-hybridized carbons (Fsp3) is 0.0741. The van der Waals surface area contributed by atoms with Gasteiger partial charge in [0.15, 0.2) is 10.9 Å². The minimum atomic E-state index is -0.329. The zero-order valence-corrected chi connectivity index (χ0v) is 19.5. The predicted octanol–water partition coefficient (Wildman–Crippen LogP) is 4.87. The van der Waals surface area contributed by atoms with E-state index in [9.17, 15) is 4.79 Å². The molecule has 172 valence electrons. The van der Waals surface area contributed by atoms with Crippen molar-refractivity contribution < 1.29 is 4.79 Å². The van der Waals surface area contributed by atoms with Crippen molar-refractivity contribution in [3.63, 3.8) is 0 Å². The van der Waals surface area contributed by atoms with Crippen LogP contribution in [0.25, 0.3) is 5.69 Å². The summed E-state index contributed by atoms with van der Waals surface area (Å²) in [6.45, 7) is 0. The van der Waals surface area contributed by atoms with Crippen molar-refractivity contribution in [2.24, 2.45) is 0 Å². The zero-order valence-electron chi connectivity index (χ0n) is 18.7. The fourth-order valence-corrected chi connectivity index (χ4v) is 4.52. The Morgan fingerprint density at radius 1 is 0.800 bits per heavy atom. The van der Waals surface area contributed by atoms with Crippen molar-refractivity contribution in [1.82, 2.24) is 30.3 Å². The summed E-state index contributed by atoms with van der Waals surface area (Å²) in [5.74, 6) is 0.130. The molecule has 1 N–H and O–H groups in total. The summed E-state index contributed by atoms with van der Waals surface area (Å²) < 4.78 is 1.70. The number of para-hydroxylation sites is 1. The number of nitrogens with one attached hydrogen (secondary N) is 1. The van der Waals surface area contributed by atoms with E-state index in [2.05, 4.69) is 25.6 Å². The number of hydrogen-bond acceptors (Lipinski definition) is 6. The smallest absolute Gasteiger partial charge is 0.274 e. The van der Waals surface area contributed by atoms with Crippen LogP contribution in [-0.2, 0) is 5.75 Å².